The zero-order valence-corrected chi connectivity index (χ0v) is 8.23. The average Bonchev–Trinajstić information content (AvgIpc) is 1.91. The molecule has 0 radical (unpaired) electrons. The van der Waals surface area contributed by atoms with Crippen LogP contribution in [0.1, 0.15) is 40.5 Å². The third-order valence-corrected chi connectivity index (χ3v) is 1.39. The van der Waals surface area contributed by atoms with Crippen molar-refractivity contribution in [1.29, 1.82) is 0 Å². The van der Waals surface area contributed by atoms with Crippen LogP contribution < -0.4 is 5.73 Å². The van der Waals surface area contributed by atoms with E-state index in [4.69, 9.17) is 5.73 Å². The highest BCUT2D eigenvalue weighted by Gasteiger charge is 2.05. The standard InChI is InChI=1S/C7H16FN.C2H6/c1-6(3-4-9)5-7(2)8;1-2/h6-7H,3-5,9H2,1-2H3;1-2H3/t6-,7?;/m1./s1. The van der Waals surface area contributed by atoms with Gasteiger partial charge in [-0.1, -0.05) is 20.8 Å². The summed E-state index contributed by atoms with van der Waals surface area (Å²) in [6.07, 6.45) is 0.914. The molecule has 0 saturated carbocycles. The molecule has 70 valence electrons. The van der Waals surface area contributed by atoms with E-state index in [1.807, 2.05) is 20.8 Å². The quantitative estimate of drug-likeness (QED) is 0.677. The molecule has 2 atom stereocenters. The molecule has 0 aliphatic carbocycles. The summed E-state index contributed by atoms with van der Waals surface area (Å²) in [6.45, 7) is 8.30. The molecule has 0 spiro atoms. The fraction of sp³-hybridized carbons (Fsp3) is 1.00. The molecule has 2 N–H and O–H groups in total. The molecule has 0 bridgehead atoms. The van der Waals surface area contributed by atoms with Crippen molar-refractivity contribution >= 4 is 0 Å². The molecule has 0 rings (SSSR count). The summed E-state index contributed by atoms with van der Waals surface area (Å²) in [7, 11) is 0. The Bertz CT molecular complexity index is 64.6. The minimum Gasteiger partial charge on any atom is -0.330 e. The van der Waals surface area contributed by atoms with Gasteiger partial charge in [0.2, 0.25) is 0 Å². The maximum absolute atomic E-state index is 12.2. The van der Waals surface area contributed by atoms with Crippen LogP contribution in [0, 0.1) is 5.92 Å². The predicted molar refractivity (Wildman–Crippen MR) is 49.4 cm³/mol. The Hall–Kier alpha value is -0.110. The number of hydrogen-bond donors (Lipinski definition) is 1. The van der Waals surface area contributed by atoms with Crippen LogP contribution in [0.15, 0.2) is 0 Å². The summed E-state index contributed by atoms with van der Waals surface area (Å²) < 4.78 is 12.2. The lowest BCUT2D eigenvalue weighted by Crippen LogP contribution is -2.09. The number of rotatable bonds is 4. The van der Waals surface area contributed by atoms with E-state index < -0.39 is 6.17 Å². The van der Waals surface area contributed by atoms with Gasteiger partial charge in [0, 0.05) is 0 Å². The summed E-state index contributed by atoms with van der Waals surface area (Å²) in [6, 6.07) is 0. The van der Waals surface area contributed by atoms with Gasteiger partial charge in [0.05, 0.1) is 6.17 Å². The van der Waals surface area contributed by atoms with E-state index in [2.05, 4.69) is 0 Å². The minimum atomic E-state index is -0.674. The zero-order chi connectivity index (χ0) is 9.28. The normalized spacial score (nSPS) is 14.7. The Morgan fingerprint density at radius 2 is 1.73 bits per heavy atom. The topological polar surface area (TPSA) is 26.0 Å². The highest BCUT2D eigenvalue weighted by molar-refractivity contribution is 4.57. The first-order valence-corrected chi connectivity index (χ1v) is 4.51. The van der Waals surface area contributed by atoms with E-state index in [-0.39, 0.29) is 0 Å². The lowest BCUT2D eigenvalue weighted by molar-refractivity contribution is 0.292. The van der Waals surface area contributed by atoms with Crippen LogP contribution >= 0.6 is 0 Å². The molecule has 0 fully saturated rings. The van der Waals surface area contributed by atoms with Gasteiger partial charge in [0.15, 0.2) is 0 Å². The molecule has 11 heavy (non-hydrogen) atoms. The summed E-state index contributed by atoms with van der Waals surface area (Å²) in [5, 5.41) is 0. The lowest BCUT2D eigenvalue weighted by Gasteiger charge is -2.09. The third kappa shape index (κ3) is 13.0. The first-order valence-electron chi connectivity index (χ1n) is 4.51. The first-order chi connectivity index (χ1) is 5.16. The Kier molecular flexibility index (Phi) is 12.1. The van der Waals surface area contributed by atoms with Crippen molar-refractivity contribution in [1.82, 2.24) is 0 Å². The second-order valence-electron chi connectivity index (χ2n) is 2.70. The van der Waals surface area contributed by atoms with Crippen LogP contribution in [0.5, 0.6) is 0 Å². The monoisotopic (exact) mass is 163 g/mol. The number of alkyl halides is 1. The van der Waals surface area contributed by atoms with Gasteiger partial charge in [0.25, 0.3) is 0 Å². The van der Waals surface area contributed by atoms with E-state index >= 15 is 0 Å². The van der Waals surface area contributed by atoms with Crippen LogP contribution in [-0.4, -0.2) is 12.7 Å². The van der Waals surface area contributed by atoms with Crippen molar-refractivity contribution < 1.29 is 4.39 Å². The summed E-state index contributed by atoms with van der Waals surface area (Å²) in [4.78, 5) is 0. The van der Waals surface area contributed by atoms with Crippen LogP contribution in [-0.2, 0) is 0 Å². The maximum Gasteiger partial charge on any atom is 0.0976 e. The van der Waals surface area contributed by atoms with Crippen molar-refractivity contribution in [2.75, 3.05) is 6.54 Å². The van der Waals surface area contributed by atoms with Crippen molar-refractivity contribution in [3.63, 3.8) is 0 Å². The molecule has 0 heterocycles. The molecule has 0 aliphatic heterocycles. The van der Waals surface area contributed by atoms with Crippen molar-refractivity contribution in [3.8, 4) is 0 Å². The summed E-state index contributed by atoms with van der Waals surface area (Å²) >= 11 is 0. The molecule has 0 aromatic carbocycles. The van der Waals surface area contributed by atoms with E-state index in [0.717, 1.165) is 6.42 Å². The van der Waals surface area contributed by atoms with E-state index in [1.54, 1.807) is 6.92 Å². The van der Waals surface area contributed by atoms with Gasteiger partial charge in [-0.25, -0.2) is 4.39 Å². The van der Waals surface area contributed by atoms with Gasteiger partial charge in [0.1, 0.15) is 0 Å². The fourth-order valence-electron chi connectivity index (χ4n) is 0.957. The molecular weight excluding hydrogens is 141 g/mol. The fourth-order valence-corrected chi connectivity index (χ4v) is 0.957. The number of nitrogens with two attached hydrogens (primary N) is 1. The Morgan fingerprint density at radius 1 is 1.27 bits per heavy atom. The first kappa shape index (κ1) is 13.5. The van der Waals surface area contributed by atoms with Gasteiger partial charge in [-0.05, 0) is 32.2 Å². The molecule has 1 nitrogen and oxygen atoms in total. The van der Waals surface area contributed by atoms with Crippen molar-refractivity contribution in [3.05, 3.63) is 0 Å². The van der Waals surface area contributed by atoms with Gasteiger partial charge < -0.3 is 5.73 Å². The molecule has 0 aromatic heterocycles. The van der Waals surface area contributed by atoms with Crippen molar-refractivity contribution in [2.24, 2.45) is 11.7 Å². The molecule has 1 unspecified atom stereocenters. The molecule has 0 aliphatic rings. The average molecular weight is 163 g/mol. The highest BCUT2D eigenvalue weighted by atomic mass is 19.1. The second-order valence-corrected chi connectivity index (χ2v) is 2.70. The summed E-state index contributed by atoms with van der Waals surface area (Å²) in [5.41, 5.74) is 5.28. The molecule has 0 amide bonds. The van der Waals surface area contributed by atoms with E-state index in [9.17, 15) is 4.39 Å². The molecule has 0 saturated heterocycles. The SMILES string of the molecule is CC.CC(F)C[C@H](C)CCN. The van der Waals surface area contributed by atoms with Crippen LogP contribution in [0.4, 0.5) is 4.39 Å². The van der Waals surface area contributed by atoms with Gasteiger partial charge in [-0.15, -0.1) is 0 Å². The highest BCUT2D eigenvalue weighted by Crippen LogP contribution is 2.10. The molecular formula is C9H22FN. The van der Waals surface area contributed by atoms with Gasteiger partial charge in [-0.2, -0.15) is 0 Å². The summed E-state index contributed by atoms with van der Waals surface area (Å²) in [5.74, 6) is 0.440. The maximum atomic E-state index is 12.2. The van der Waals surface area contributed by atoms with E-state index in [1.165, 1.54) is 0 Å². The largest absolute Gasteiger partial charge is 0.330 e. The Morgan fingerprint density at radius 3 is 2.00 bits per heavy atom. The third-order valence-electron chi connectivity index (χ3n) is 1.39. The smallest absolute Gasteiger partial charge is 0.0976 e. The van der Waals surface area contributed by atoms with Gasteiger partial charge >= 0.3 is 0 Å². The second kappa shape index (κ2) is 9.89. The zero-order valence-electron chi connectivity index (χ0n) is 8.23. The number of halogens is 1. The van der Waals surface area contributed by atoms with Crippen LogP contribution in [0.3, 0.4) is 0 Å². The molecule has 0 aromatic rings. The lowest BCUT2D eigenvalue weighted by atomic mass is 10.0. The predicted octanol–water partition coefficient (Wildman–Crippen LogP) is 2.75. The minimum absolute atomic E-state index is 0.440. The van der Waals surface area contributed by atoms with Crippen LogP contribution in [0.2, 0.25) is 0 Å². The Balaban J connectivity index is 0. The van der Waals surface area contributed by atoms with E-state index in [0.29, 0.717) is 18.9 Å². The number of hydrogen-bond acceptors (Lipinski definition) is 1. The van der Waals surface area contributed by atoms with Crippen LogP contribution in [0.25, 0.3) is 0 Å². The molecule has 2 heteroatoms. The van der Waals surface area contributed by atoms with Gasteiger partial charge in [-0.3, -0.25) is 0 Å². The van der Waals surface area contributed by atoms with Crippen molar-refractivity contribution in [2.45, 2.75) is 46.7 Å². The Labute approximate surface area is 70.2 Å².